The van der Waals surface area contributed by atoms with Crippen molar-refractivity contribution in [2.45, 2.75) is 24.8 Å². The summed E-state index contributed by atoms with van der Waals surface area (Å²) in [6.07, 6.45) is 0. The topological polar surface area (TPSA) is 77.4 Å². The van der Waals surface area contributed by atoms with Gasteiger partial charge in [-0.05, 0) is 44.2 Å². The second kappa shape index (κ2) is 6.53. The van der Waals surface area contributed by atoms with Crippen LogP contribution in [0.25, 0.3) is 10.2 Å². The lowest BCUT2D eigenvalue weighted by Gasteiger charge is -2.10. The lowest BCUT2D eigenvalue weighted by molar-refractivity contribution is 0.413. The van der Waals surface area contributed by atoms with Gasteiger partial charge in [-0.1, -0.05) is 17.4 Å². The minimum Gasteiger partial charge on any atom is -0.497 e. The van der Waals surface area contributed by atoms with Crippen LogP contribution in [0, 0.1) is 0 Å². The summed E-state index contributed by atoms with van der Waals surface area (Å²) < 4.78 is 35.2. The molecule has 0 aliphatic heterocycles. The number of nitrogens with zero attached hydrogens (tertiary/aromatic N) is 1. The number of thiazole rings is 1. The maximum absolute atomic E-state index is 12.6. The molecule has 0 aliphatic carbocycles. The maximum atomic E-state index is 12.6. The van der Waals surface area contributed by atoms with E-state index in [1.807, 2.05) is 13.8 Å². The van der Waals surface area contributed by atoms with Gasteiger partial charge in [0.05, 0.1) is 27.9 Å². The highest BCUT2D eigenvalue weighted by atomic mass is 32.2. The van der Waals surface area contributed by atoms with Crippen molar-refractivity contribution < 1.29 is 13.2 Å². The Kier molecular flexibility index (Phi) is 4.57. The van der Waals surface area contributed by atoms with Gasteiger partial charge in [0.25, 0.3) is 10.0 Å². The van der Waals surface area contributed by atoms with Crippen LogP contribution in [0.3, 0.4) is 0 Å². The number of anilines is 1. The van der Waals surface area contributed by atoms with Gasteiger partial charge in [0.1, 0.15) is 5.75 Å². The van der Waals surface area contributed by atoms with Crippen LogP contribution in [0.2, 0.25) is 0 Å². The third kappa shape index (κ3) is 3.40. The van der Waals surface area contributed by atoms with Crippen molar-refractivity contribution in [2.24, 2.45) is 0 Å². The molecule has 2 aromatic carbocycles. The molecule has 0 aliphatic rings. The van der Waals surface area contributed by atoms with Crippen LogP contribution in [0.5, 0.6) is 5.75 Å². The minimum absolute atomic E-state index is 0.0422. The fourth-order valence-corrected chi connectivity index (χ4v) is 4.71. The van der Waals surface area contributed by atoms with Gasteiger partial charge < -0.3 is 4.74 Å². The molecule has 3 rings (SSSR count). The quantitative estimate of drug-likeness (QED) is 0.738. The summed E-state index contributed by atoms with van der Waals surface area (Å²) in [5.41, 5.74) is 1.21. The predicted octanol–water partition coefficient (Wildman–Crippen LogP) is 3.45. The van der Waals surface area contributed by atoms with E-state index >= 15 is 0 Å². The van der Waals surface area contributed by atoms with E-state index in [0.717, 1.165) is 21.6 Å². The van der Waals surface area contributed by atoms with Crippen molar-refractivity contribution in [3.8, 4) is 5.75 Å². The second-order valence-electron chi connectivity index (χ2n) is 5.80. The average Bonchev–Trinajstić information content (AvgIpc) is 2.89. The Labute approximate surface area is 149 Å². The molecule has 0 saturated heterocycles. The molecule has 0 spiro atoms. The molecule has 6 nitrogen and oxygen atoms in total. The third-order valence-electron chi connectivity index (χ3n) is 3.73. The zero-order valence-corrected chi connectivity index (χ0v) is 15.6. The highest BCUT2D eigenvalue weighted by molar-refractivity contribution is 7.92. The summed E-state index contributed by atoms with van der Waals surface area (Å²) in [7, 11) is -2.26. The number of benzene rings is 2. The summed E-state index contributed by atoms with van der Waals surface area (Å²) in [6, 6.07) is 11.4. The molecule has 8 heteroatoms. The van der Waals surface area contributed by atoms with E-state index in [1.54, 1.807) is 34.9 Å². The first kappa shape index (κ1) is 17.5. The molecule has 1 N–H and O–H groups in total. The van der Waals surface area contributed by atoms with Gasteiger partial charge in [0.15, 0.2) is 0 Å². The largest absolute Gasteiger partial charge is 0.497 e. The molecule has 1 aromatic heterocycles. The van der Waals surface area contributed by atoms with E-state index < -0.39 is 10.0 Å². The monoisotopic (exact) mass is 378 g/mol. The van der Waals surface area contributed by atoms with Gasteiger partial charge in [-0.15, -0.1) is 0 Å². The molecule has 0 bridgehead atoms. The van der Waals surface area contributed by atoms with Crippen molar-refractivity contribution >= 4 is 37.3 Å². The number of hydrogen-bond acceptors (Lipinski definition) is 5. The van der Waals surface area contributed by atoms with Crippen LogP contribution in [-0.4, -0.2) is 20.1 Å². The molecule has 0 amide bonds. The van der Waals surface area contributed by atoms with Crippen LogP contribution in [0.1, 0.15) is 19.9 Å². The number of fused-ring (bicyclic) bond motifs is 1. The first-order chi connectivity index (χ1) is 11.8. The first-order valence-electron chi connectivity index (χ1n) is 7.64. The van der Waals surface area contributed by atoms with Crippen molar-refractivity contribution in [1.29, 1.82) is 0 Å². The maximum Gasteiger partial charge on any atom is 0.308 e. The van der Waals surface area contributed by atoms with Crippen LogP contribution in [-0.2, 0) is 10.0 Å². The van der Waals surface area contributed by atoms with Gasteiger partial charge in [-0.2, -0.15) is 0 Å². The Balaban J connectivity index is 1.98. The summed E-state index contributed by atoms with van der Waals surface area (Å²) in [4.78, 5) is 12.2. The van der Waals surface area contributed by atoms with E-state index in [1.165, 1.54) is 19.2 Å². The predicted molar refractivity (Wildman–Crippen MR) is 100 cm³/mol. The molecular weight excluding hydrogens is 360 g/mol. The number of methoxy groups -OCH3 is 1. The zero-order chi connectivity index (χ0) is 18.2. The molecule has 0 saturated carbocycles. The van der Waals surface area contributed by atoms with Crippen molar-refractivity contribution in [1.82, 2.24) is 4.57 Å². The molecule has 0 radical (unpaired) electrons. The number of ether oxygens (including phenoxy) is 1. The van der Waals surface area contributed by atoms with Crippen molar-refractivity contribution in [3.05, 3.63) is 52.1 Å². The van der Waals surface area contributed by atoms with E-state index in [-0.39, 0.29) is 15.8 Å². The Morgan fingerprint density at radius 1 is 1.16 bits per heavy atom. The fourth-order valence-electron chi connectivity index (χ4n) is 2.57. The van der Waals surface area contributed by atoms with Gasteiger partial charge in [-0.3, -0.25) is 14.1 Å². The van der Waals surface area contributed by atoms with Crippen LogP contribution < -0.4 is 14.3 Å². The van der Waals surface area contributed by atoms with Crippen molar-refractivity contribution in [3.63, 3.8) is 0 Å². The normalized spacial score (nSPS) is 11.8. The van der Waals surface area contributed by atoms with Gasteiger partial charge in [0.2, 0.25) is 0 Å². The van der Waals surface area contributed by atoms with Gasteiger partial charge >= 0.3 is 4.87 Å². The SMILES string of the molecule is COc1cccc(S(=O)(=O)Nc2ccc3c(c2)sc(=O)n3C(C)C)c1. The Bertz CT molecular complexity index is 1080. The lowest BCUT2D eigenvalue weighted by Crippen LogP contribution is -2.14. The smallest absolute Gasteiger partial charge is 0.308 e. The Hall–Kier alpha value is -2.32. The van der Waals surface area contributed by atoms with E-state index in [2.05, 4.69) is 4.72 Å². The minimum atomic E-state index is -3.74. The molecule has 25 heavy (non-hydrogen) atoms. The second-order valence-corrected chi connectivity index (χ2v) is 8.47. The standard InChI is InChI=1S/C17H18N2O4S2/c1-11(2)19-15-8-7-12(9-16(15)24-17(19)20)18-25(21,22)14-6-4-5-13(10-14)23-3/h4-11,18H,1-3H3. The molecule has 0 unspecified atom stereocenters. The number of aromatic nitrogens is 1. The Morgan fingerprint density at radius 2 is 1.92 bits per heavy atom. The summed E-state index contributed by atoms with van der Waals surface area (Å²) >= 11 is 1.10. The summed E-state index contributed by atoms with van der Waals surface area (Å²) in [6.45, 7) is 3.87. The average molecular weight is 378 g/mol. The lowest BCUT2D eigenvalue weighted by atomic mass is 10.3. The molecule has 0 fully saturated rings. The molecule has 0 atom stereocenters. The zero-order valence-electron chi connectivity index (χ0n) is 14.0. The molecule has 132 valence electrons. The van der Waals surface area contributed by atoms with Gasteiger partial charge in [0, 0.05) is 12.1 Å². The number of sulfonamides is 1. The highest BCUT2D eigenvalue weighted by Gasteiger charge is 2.16. The molecule has 3 aromatic rings. The highest BCUT2D eigenvalue weighted by Crippen LogP contribution is 2.26. The number of hydrogen-bond donors (Lipinski definition) is 1. The summed E-state index contributed by atoms with van der Waals surface area (Å²) in [5, 5.41) is 0. The molecular formula is C17H18N2O4S2. The van der Waals surface area contributed by atoms with Gasteiger partial charge in [-0.25, -0.2) is 8.42 Å². The number of rotatable bonds is 5. The van der Waals surface area contributed by atoms with Crippen LogP contribution in [0.15, 0.2) is 52.2 Å². The third-order valence-corrected chi connectivity index (χ3v) is 6.03. The first-order valence-corrected chi connectivity index (χ1v) is 9.94. The van der Waals surface area contributed by atoms with Crippen LogP contribution >= 0.6 is 11.3 Å². The summed E-state index contributed by atoms with van der Waals surface area (Å²) in [5.74, 6) is 0.463. The van der Waals surface area contributed by atoms with Crippen LogP contribution in [0.4, 0.5) is 5.69 Å². The van der Waals surface area contributed by atoms with E-state index in [9.17, 15) is 13.2 Å². The Morgan fingerprint density at radius 3 is 2.60 bits per heavy atom. The van der Waals surface area contributed by atoms with Crippen molar-refractivity contribution in [2.75, 3.05) is 11.8 Å². The van der Waals surface area contributed by atoms with E-state index in [4.69, 9.17) is 4.74 Å². The van der Waals surface area contributed by atoms with E-state index in [0.29, 0.717) is 11.4 Å². The number of nitrogens with one attached hydrogen (secondary N) is 1. The fraction of sp³-hybridized carbons (Fsp3) is 0.235. The molecule has 1 heterocycles.